The minimum absolute atomic E-state index is 0.610. The van der Waals surface area contributed by atoms with Gasteiger partial charge < -0.3 is 4.90 Å². The normalized spacial score (nSPS) is 17.2. The van der Waals surface area contributed by atoms with Gasteiger partial charge in [0.1, 0.15) is 5.82 Å². The highest BCUT2D eigenvalue weighted by atomic mass is 16.1. The maximum atomic E-state index is 10.8. The van der Waals surface area contributed by atoms with Crippen LogP contribution in [0.5, 0.6) is 0 Å². The predicted octanol–water partition coefficient (Wildman–Crippen LogP) is 1.73. The van der Waals surface area contributed by atoms with Crippen LogP contribution in [0.4, 0.5) is 5.82 Å². The van der Waals surface area contributed by atoms with Gasteiger partial charge in [-0.05, 0) is 32.9 Å². The number of anilines is 1. The van der Waals surface area contributed by atoms with Crippen LogP contribution in [0.15, 0.2) is 12.1 Å². The summed E-state index contributed by atoms with van der Waals surface area (Å²) in [4.78, 5) is 20.1. The van der Waals surface area contributed by atoms with Crippen LogP contribution in [0.2, 0.25) is 0 Å². The van der Waals surface area contributed by atoms with Gasteiger partial charge >= 0.3 is 0 Å². The van der Waals surface area contributed by atoms with Crippen molar-refractivity contribution < 1.29 is 4.79 Å². The number of aryl methyl sites for hydroxylation is 1. The van der Waals surface area contributed by atoms with E-state index in [1.807, 2.05) is 19.1 Å². The molecule has 1 aliphatic heterocycles. The lowest BCUT2D eigenvalue weighted by Gasteiger charge is -2.37. The van der Waals surface area contributed by atoms with E-state index >= 15 is 0 Å². The molecule has 0 spiro atoms. The Morgan fingerprint density at radius 1 is 1.22 bits per heavy atom. The van der Waals surface area contributed by atoms with E-state index in [2.05, 4.69) is 28.6 Å². The molecule has 4 heteroatoms. The first-order valence-electron chi connectivity index (χ1n) is 6.53. The number of piperazine rings is 1. The second kappa shape index (κ2) is 5.48. The smallest absolute Gasteiger partial charge is 0.151 e. The van der Waals surface area contributed by atoms with E-state index in [4.69, 9.17) is 0 Å². The highest BCUT2D eigenvalue weighted by Gasteiger charge is 2.19. The lowest BCUT2D eigenvalue weighted by atomic mass is 10.2. The lowest BCUT2D eigenvalue weighted by Crippen LogP contribution is -2.49. The van der Waals surface area contributed by atoms with Crippen LogP contribution in [0.25, 0.3) is 0 Å². The van der Waals surface area contributed by atoms with E-state index in [-0.39, 0.29) is 0 Å². The number of rotatable bonds is 3. The first kappa shape index (κ1) is 13.0. The Bertz CT molecular complexity index is 423. The van der Waals surface area contributed by atoms with Crippen LogP contribution in [-0.2, 0) is 0 Å². The summed E-state index contributed by atoms with van der Waals surface area (Å²) in [5, 5.41) is 0. The number of aromatic nitrogens is 1. The van der Waals surface area contributed by atoms with Gasteiger partial charge in [0.15, 0.2) is 6.29 Å². The third kappa shape index (κ3) is 2.70. The number of aldehydes is 1. The number of hydrogen-bond donors (Lipinski definition) is 0. The number of hydrogen-bond acceptors (Lipinski definition) is 4. The summed E-state index contributed by atoms with van der Waals surface area (Å²) in [5.41, 5.74) is 1.49. The average Bonchev–Trinajstić information content (AvgIpc) is 2.38. The minimum Gasteiger partial charge on any atom is -0.354 e. The van der Waals surface area contributed by atoms with Crippen molar-refractivity contribution in [1.29, 1.82) is 0 Å². The molecule has 1 saturated heterocycles. The van der Waals surface area contributed by atoms with E-state index in [0.29, 0.717) is 11.6 Å². The molecule has 0 amide bonds. The Morgan fingerprint density at radius 3 is 2.39 bits per heavy atom. The molecule has 0 N–H and O–H groups in total. The third-order valence-corrected chi connectivity index (χ3v) is 3.61. The third-order valence-electron chi connectivity index (χ3n) is 3.61. The van der Waals surface area contributed by atoms with Crippen molar-refractivity contribution >= 4 is 12.1 Å². The highest BCUT2D eigenvalue weighted by Crippen LogP contribution is 2.16. The summed E-state index contributed by atoms with van der Waals surface area (Å²) in [6.07, 6.45) is 0.864. The zero-order chi connectivity index (χ0) is 13.1. The van der Waals surface area contributed by atoms with Crippen molar-refractivity contribution in [3.8, 4) is 0 Å². The van der Waals surface area contributed by atoms with Gasteiger partial charge in [-0.15, -0.1) is 0 Å². The van der Waals surface area contributed by atoms with E-state index in [1.165, 1.54) is 0 Å². The van der Waals surface area contributed by atoms with Gasteiger partial charge in [-0.25, -0.2) is 4.98 Å². The number of carbonyl (C=O) groups excluding carboxylic acids is 1. The van der Waals surface area contributed by atoms with Crippen LogP contribution in [0, 0.1) is 6.92 Å². The van der Waals surface area contributed by atoms with Crippen molar-refractivity contribution in [2.45, 2.75) is 26.8 Å². The van der Waals surface area contributed by atoms with Crippen molar-refractivity contribution in [1.82, 2.24) is 9.88 Å². The Labute approximate surface area is 109 Å². The molecule has 1 fully saturated rings. The summed E-state index contributed by atoms with van der Waals surface area (Å²) < 4.78 is 0. The molecule has 1 aromatic heterocycles. The van der Waals surface area contributed by atoms with E-state index in [1.54, 1.807) is 0 Å². The van der Waals surface area contributed by atoms with Gasteiger partial charge in [-0.2, -0.15) is 0 Å². The second-order valence-electron chi connectivity index (χ2n) is 5.08. The molecule has 0 saturated carbocycles. The second-order valence-corrected chi connectivity index (χ2v) is 5.08. The van der Waals surface area contributed by atoms with E-state index in [0.717, 1.165) is 44.0 Å². The largest absolute Gasteiger partial charge is 0.354 e. The average molecular weight is 247 g/mol. The first-order valence-corrected chi connectivity index (χ1v) is 6.53. The molecule has 0 aromatic carbocycles. The summed E-state index contributed by atoms with van der Waals surface area (Å²) in [5.74, 6) is 0.988. The Balaban J connectivity index is 2.05. The Kier molecular flexibility index (Phi) is 3.97. The molecule has 1 aromatic rings. The van der Waals surface area contributed by atoms with Crippen molar-refractivity contribution in [3.05, 3.63) is 23.4 Å². The molecule has 18 heavy (non-hydrogen) atoms. The molecule has 0 radical (unpaired) electrons. The Hall–Kier alpha value is -1.42. The SMILES string of the molecule is Cc1nc(N2CCN(C(C)C)CC2)ccc1C=O. The molecule has 2 heterocycles. The summed E-state index contributed by atoms with van der Waals surface area (Å²) in [6, 6.07) is 4.42. The maximum Gasteiger partial charge on any atom is 0.151 e. The molecule has 0 unspecified atom stereocenters. The molecule has 0 atom stereocenters. The van der Waals surface area contributed by atoms with Crippen LogP contribution in [0.1, 0.15) is 29.9 Å². The summed E-state index contributed by atoms with van der Waals surface area (Å²) in [7, 11) is 0. The highest BCUT2D eigenvalue weighted by molar-refractivity contribution is 5.76. The number of carbonyl (C=O) groups is 1. The van der Waals surface area contributed by atoms with Crippen molar-refractivity contribution in [3.63, 3.8) is 0 Å². The van der Waals surface area contributed by atoms with Crippen LogP contribution in [0.3, 0.4) is 0 Å². The van der Waals surface area contributed by atoms with Gasteiger partial charge in [0, 0.05) is 37.8 Å². The van der Waals surface area contributed by atoms with Gasteiger partial charge in [0.05, 0.1) is 5.69 Å². The van der Waals surface area contributed by atoms with Gasteiger partial charge in [0.2, 0.25) is 0 Å². The minimum atomic E-state index is 0.610. The molecule has 0 aliphatic carbocycles. The molecule has 0 bridgehead atoms. The molecular weight excluding hydrogens is 226 g/mol. The van der Waals surface area contributed by atoms with Crippen molar-refractivity contribution in [2.24, 2.45) is 0 Å². The monoisotopic (exact) mass is 247 g/mol. The standard InChI is InChI=1S/C14H21N3O/c1-11(2)16-6-8-17(9-7-16)14-5-4-13(10-18)12(3)15-14/h4-5,10-11H,6-9H2,1-3H3. The van der Waals surface area contributed by atoms with Crippen molar-refractivity contribution in [2.75, 3.05) is 31.1 Å². The quantitative estimate of drug-likeness (QED) is 0.762. The Morgan fingerprint density at radius 2 is 1.89 bits per heavy atom. The van der Waals surface area contributed by atoms with E-state index in [9.17, 15) is 4.79 Å². The first-order chi connectivity index (χ1) is 8.61. The summed E-state index contributed by atoms with van der Waals surface area (Å²) >= 11 is 0. The molecule has 2 rings (SSSR count). The molecule has 98 valence electrons. The van der Waals surface area contributed by atoms with Crippen LogP contribution >= 0.6 is 0 Å². The van der Waals surface area contributed by atoms with Crippen LogP contribution < -0.4 is 4.90 Å². The zero-order valence-corrected chi connectivity index (χ0v) is 11.4. The van der Waals surface area contributed by atoms with Crippen LogP contribution in [-0.4, -0.2) is 48.4 Å². The zero-order valence-electron chi connectivity index (χ0n) is 11.4. The van der Waals surface area contributed by atoms with Gasteiger partial charge in [-0.3, -0.25) is 9.69 Å². The fourth-order valence-corrected chi connectivity index (χ4v) is 2.33. The fraction of sp³-hybridized carbons (Fsp3) is 0.571. The number of nitrogens with zero attached hydrogens (tertiary/aromatic N) is 3. The van der Waals surface area contributed by atoms with Gasteiger partial charge in [-0.1, -0.05) is 0 Å². The maximum absolute atomic E-state index is 10.8. The number of pyridine rings is 1. The molecule has 1 aliphatic rings. The lowest BCUT2D eigenvalue weighted by molar-refractivity contribution is 0.112. The summed E-state index contributed by atoms with van der Waals surface area (Å²) in [6.45, 7) is 10.5. The van der Waals surface area contributed by atoms with E-state index < -0.39 is 0 Å². The molecular formula is C14H21N3O. The topological polar surface area (TPSA) is 36.4 Å². The molecule has 4 nitrogen and oxygen atoms in total. The predicted molar refractivity (Wildman–Crippen MR) is 73.3 cm³/mol. The fourth-order valence-electron chi connectivity index (χ4n) is 2.33. The van der Waals surface area contributed by atoms with Gasteiger partial charge in [0.25, 0.3) is 0 Å².